The molecule has 6 rings (SSSR count). The molecule has 37 heavy (non-hydrogen) atoms. The normalized spacial score (nSPS) is 18.3. The molecule has 1 amide bonds. The van der Waals surface area contributed by atoms with Gasteiger partial charge in [0.25, 0.3) is 5.89 Å². The van der Waals surface area contributed by atoms with E-state index in [1.807, 2.05) is 24.4 Å². The molecule has 0 unspecified atom stereocenters. The lowest BCUT2D eigenvalue weighted by Crippen LogP contribution is -2.61. The average molecular weight is 500 g/mol. The standard InChI is InChI=1S/C28H33N7O2/c1-18-30-26(37-33-18)21-7-8-23-24(14-21)32-25(31-23)15-22-13-19(9-10-29-22)16-35-12-11-34(17-28(35,2)3)27(36)20-5-4-6-20/h7-10,13-14,20H,4-6,11-12,15-17H2,1-3H3,(H,31,32). The van der Waals surface area contributed by atoms with E-state index in [1.165, 1.54) is 12.0 Å². The molecule has 2 fully saturated rings. The monoisotopic (exact) mass is 499 g/mol. The van der Waals surface area contributed by atoms with Crippen LogP contribution in [0.2, 0.25) is 0 Å². The number of rotatable bonds is 6. The molecule has 1 aromatic carbocycles. The first-order valence-electron chi connectivity index (χ1n) is 13.1. The van der Waals surface area contributed by atoms with E-state index in [9.17, 15) is 4.79 Å². The summed E-state index contributed by atoms with van der Waals surface area (Å²) >= 11 is 0. The molecule has 3 aromatic heterocycles. The van der Waals surface area contributed by atoms with Gasteiger partial charge in [-0.05, 0) is 69.5 Å². The number of nitrogens with zero attached hydrogens (tertiary/aromatic N) is 6. The topological polar surface area (TPSA) is 104 Å². The first kappa shape index (κ1) is 23.8. The van der Waals surface area contributed by atoms with Crippen LogP contribution in [0.5, 0.6) is 0 Å². The van der Waals surface area contributed by atoms with Gasteiger partial charge in [0.05, 0.1) is 11.0 Å². The second-order valence-corrected chi connectivity index (χ2v) is 11.0. The van der Waals surface area contributed by atoms with Crippen molar-refractivity contribution in [1.82, 2.24) is 34.9 Å². The Bertz CT molecular complexity index is 1440. The number of aromatic amines is 1. The number of imidazole rings is 1. The number of amides is 1. The van der Waals surface area contributed by atoms with E-state index in [-0.39, 0.29) is 11.5 Å². The van der Waals surface area contributed by atoms with E-state index in [0.717, 1.165) is 67.1 Å². The van der Waals surface area contributed by atoms with Crippen LogP contribution in [-0.4, -0.2) is 66.0 Å². The van der Waals surface area contributed by atoms with Gasteiger partial charge in [-0.3, -0.25) is 14.7 Å². The number of benzene rings is 1. The van der Waals surface area contributed by atoms with Gasteiger partial charge in [0.2, 0.25) is 5.91 Å². The Morgan fingerprint density at radius 3 is 2.76 bits per heavy atom. The SMILES string of the molecule is Cc1noc(-c2ccc3nc(Cc4cc(CN5CCN(C(=O)C6CCC6)CC5(C)C)ccn4)[nH]c3c2)n1. The Morgan fingerprint density at radius 1 is 1.16 bits per heavy atom. The van der Waals surface area contributed by atoms with Crippen molar-refractivity contribution >= 4 is 16.9 Å². The van der Waals surface area contributed by atoms with Crippen molar-refractivity contribution in [2.45, 2.75) is 58.5 Å². The number of piperazine rings is 1. The molecule has 4 aromatic rings. The van der Waals surface area contributed by atoms with Crippen LogP contribution in [0.1, 0.15) is 56.0 Å². The Balaban J connectivity index is 1.13. The minimum Gasteiger partial charge on any atom is -0.342 e. The Kier molecular flexibility index (Phi) is 6.03. The van der Waals surface area contributed by atoms with Crippen LogP contribution in [0.15, 0.2) is 41.1 Å². The molecule has 0 bridgehead atoms. The molecule has 2 aliphatic rings. The van der Waals surface area contributed by atoms with E-state index in [1.54, 1.807) is 6.92 Å². The molecule has 4 heterocycles. The largest absolute Gasteiger partial charge is 0.342 e. The molecule has 192 valence electrons. The summed E-state index contributed by atoms with van der Waals surface area (Å²) in [6.45, 7) is 9.60. The lowest BCUT2D eigenvalue weighted by Gasteiger charge is -2.48. The van der Waals surface area contributed by atoms with Gasteiger partial charge in [-0.2, -0.15) is 4.98 Å². The molecule has 0 spiro atoms. The average Bonchev–Trinajstić information content (AvgIpc) is 3.44. The molecule has 9 nitrogen and oxygen atoms in total. The fourth-order valence-corrected chi connectivity index (χ4v) is 5.39. The summed E-state index contributed by atoms with van der Waals surface area (Å²) in [5, 5.41) is 3.88. The quantitative estimate of drug-likeness (QED) is 0.425. The molecule has 1 N–H and O–H groups in total. The number of aromatic nitrogens is 5. The first-order valence-corrected chi connectivity index (χ1v) is 13.1. The van der Waals surface area contributed by atoms with E-state index >= 15 is 0 Å². The molecular weight excluding hydrogens is 466 g/mol. The highest BCUT2D eigenvalue weighted by molar-refractivity contribution is 5.80. The maximum atomic E-state index is 12.8. The Labute approximate surface area is 216 Å². The Morgan fingerprint density at radius 2 is 2.03 bits per heavy atom. The second-order valence-electron chi connectivity index (χ2n) is 11.0. The van der Waals surface area contributed by atoms with Gasteiger partial charge in [-0.1, -0.05) is 11.6 Å². The van der Waals surface area contributed by atoms with Crippen LogP contribution >= 0.6 is 0 Å². The number of pyridine rings is 1. The molecule has 9 heteroatoms. The van der Waals surface area contributed by atoms with E-state index in [4.69, 9.17) is 9.51 Å². The summed E-state index contributed by atoms with van der Waals surface area (Å²) in [4.78, 5) is 34.5. The van der Waals surface area contributed by atoms with Crippen LogP contribution in [0.4, 0.5) is 0 Å². The molecule has 1 aliphatic heterocycles. The number of aryl methyl sites for hydroxylation is 1. The summed E-state index contributed by atoms with van der Waals surface area (Å²) in [5.74, 6) is 2.59. The van der Waals surface area contributed by atoms with Crippen molar-refractivity contribution in [2.75, 3.05) is 19.6 Å². The van der Waals surface area contributed by atoms with Gasteiger partial charge in [0.15, 0.2) is 5.82 Å². The first-order chi connectivity index (χ1) is 17.8. The number of H-pyrrole nitrogens is 1. The summed E-state index contributed by atoms with van der Waals surface area (Å²) in [6.07, 6.45) is 5.81. The number of hydrogen-bond donors (Lipinski definition) is 1. The molecule has 0 atom stereocenters. The van der Waals surface area contributed by atoms with Crippen LogP contribution < -0.4 is 0 Å². The van der Waals surface area contributed by atoms with Crippen molar-refractivity contribution in [1.29, 1.82) is 0 Å². The number of fused-ring (bicyclic) bond motifs is 1. The van der Waals surface area contributed by atoms with Crippen molar-refractivity contribution in [3.8, 4) is 11.5 Å². The van der Waals surface area contributed by atoms with Crippen molar-refractivity contribution in [3.05, 3.63) is 59.4 Å². The number of carbonyl (C=O) groups is 1. The van der Waals surface area contributed by atoms with E-state index in [0.29, 0.717) is 24.0 Å². The smallest absolute Gasteiger partial charge is 0.257 e. The fourth-order valence-electron chi connectivity index (χ4n) is 5.39. The van der Waals surface area contributed by atoms with Gasteiger partial charge >= 0.3 is 0 Å². The minimum absolute atomic E-state index is 0.0750. The third kappa shape index (κ3) is 4.87. The van der Waals surface area contributed by atoms with E-state index < -0.39 is 0 Å². The van der Waals surface area contributed by atoms with Crippen molar-refractivity contribution in [3.63, 3.8) is 0 Å². The maximum Gasteiger partial charge on any atom is 0.257 e. The van der Waals surface area contributed by atoms with Gasteiger partial charge in [-0.15, -0.1) is 0 Å². The number of carbonyl (C=O) groups excluding carboxylic acids is 1. The highest BCUT2D eigenvalue weighted by atomic mass is 16.5. The third-order valence-electron chi connectivity index (χ3n) is 7.75. The maximum absolute atomic E-state index is 12.8. The van der Waals surface area contributed by atoms with Gasteiger partial charge in [0.1, 0.15) is 5.82 Å². The van der Waals surface area contributed by atoms with E-state index in [2.05, 4.69) is 55.9 Å². The number of hydrogen-bond acceptors (Lipinski definition) is 7. The van der Waals surface area contributed by atoms with Crippen molar-refractivity contribution < 1.29 is 9.32 Å². The molecule has 1 aliphatic carbocycles. The van der Waals surface area contributed by atoms with Crippen LogP contribution in [0.25, 0.3) is 22.5 Å². The lowest BCUT2D eigenvalue weighted by molar-refractivity contribution is -0.143. The van der Waals surface area contributed by atoms with Crippen LogP contribution in [0, 0.1) is 12.8 Å². The zero-order valence-electron chi connectivity index (χ0n) is 21.7. The van der Waals surface area contributed by atoms with Crippen LogP contribution in [-0.2, 0) is 17.8 Å². The highest BCUT2D eigenvalue weighted by Crippen LogP contribution is 2.31. The Hall–Kier alpha value is -3.59. The second kappa shape index (κ2) is 9.37. The van der Waals surface area contributed by atoms with Crippen LogP contribution in [0.3, 0.4) is 0 Å². The zero-order chi connectivity index (χ0) is 25.6. The zero-order valence-corrected chi connectivity index (χ0v) is 21.7. The van der Waals surface area contributed by atoms with Gasteiger partial charge < -0.3 is 14.4 Å². The summed E-state index contributed by atoms with van der Waals surface area (Å²) < 4.78 is 5.30. The highest BCUT2D eigenvalue weighted by Gasteiger charge is 2.38. The molecule has 1 saturated carbocycles. The molecule has 1 saturated heterocycles. The minimum atomic E-state index is -0.0750. The summed E-state index contributed by atoms with van der Waals surface area (Å²) in [6, 6.07) is 10.1. The molecular formula is C28H33N7O2. The summed E-state index contributed by atoms with van der Waals surface area (Å²) in [5.41, 5.74) is 4.80. The summed E-state index contributed by atoms with van der Waals surface area (Å²) in [7, 11) is 0. The van der Waals surface area contributed by atoms with Crippen molar-refractivity contribution in [2.24, 2.45) is 5.92 Å². The lowest BCUT2D eigenvalue weighted by atomic mass is 9.83. The fraction of sp³-hybridized carbons (Fsp3) is 0.464. The van der Waals surface area contributed by atoms with Gasteiger partial charge in [-0.25, -0.2) is 4.98 Å². The third-order valence-corrected chi connectivity index (χ3v) is 7.75. The molecule has 0 radical (unpaired) electrons. The van der Waals surface area contributed by atoms with Gasteiger partial charge in [0, 0.05) is 61.5 Å². The predicted molar refractivity (Wildman–Crippen MR) is 140 cm³/mol. The number of nitrogens with one attached hydrogen (secondary N) is 1. The predicted octanol–water partition coefficient (Wildman–Crippen LogP) is 4.13.